The molecule has 0 amide bonds. The first kappa shape index (κ1) is 9.77. The summed E-state index contributed by atoms with van der Waals surface area (Å²) >= 11 is 0. The van der Waals surface area contributed by atoms with E-state index in [1.807, 2.05) is 0 Å². The molecule has 1 atom stereocenters. The Morgan fingerprint density at radius 1 is 1.31 bits per heavy atom. The van der Waals surface area contributed by atoms with E-state index in [1.165, 1.54) is 24.3 Å². The first-order valence-electron chi connectivity index (χ1n) is 3.34. The van der Waals surface area contributed by atoms with Gasteiger partial charge in [-0.3, -0.25) is 0 Å². The predicted octanol–water partition coefficient (Wildman–Crippen LogP) is 1.15. The fraction of sp³-hybridized carbons (Fsp3) is 0. The molecule has 5 nitrogen and oxygen atoms in total. The van der Waals surface area contributed by atoms with Crippen LogP contribution in [0.25, 0.3) is 0 Å². The lowest BCUT2D eigenvalue weighted by atomic mass is 10.2. The van der Waals surface area contributed by atoms with Gasteiger partial charge < -0.3 is 14.5 Å². The summed E-state index contributed by atoms with van der Waals surface area (Å²) in [6, 6.07) is 5.23. The Balaban J connectivity index is 2.81. The van der Waals surface area contributed by atoms with Gasteiger partial charge in [0.05, 0.1) is 5.56 Å². The topological polar surface area (TPSA) is 83.8 Å². The second kappa shape index (κ2) is 4.07. The zero-order chi connectivity index (χ0) is 9.84. The van der Waals surface area contributed by atoms with Crippen LogP contribution in [0.5, 0.6) is 5.75 Å². The number of carbonyl (C=O) groups is 1. The van der Waals surface area contributed by atoms with Gasteiger partial charge in [-0.2, -0.15) is 0 Å². The highest BCUT2D eigenvalue weighted by molar-refractivity contribution is 7.32. The van der Waals surface area contributed by atoms with Crippen LogP contribution in [-0.4, -0.2) is 16.0 Å². The Bertz CT molecular complexity index is 331. The minimum atomic E-state index is -3.02. The van der Waals surface area contributed by atoms with E-state index in [1.54, 1.807) is 0 Å². The van der Waals surface area contributed by atoms with Crippen LogP contribution >= 0.6 is 8.25 Å². The van der Waals surface area contributed by atoms with Crippen LogP contribution in [-0.2, 0) is 4.57 Å². The Kier molecular flexibility index (Phi) is 3.06. The molecule has 2 N–H and O–H groups in total. The van der Waals surface area contributed by atoms with Crippen molar-refractivity contribution in [3.63, 3.8) is 0 Å². The molecule has 1 unspecified atom stereocenters. The molecule has 0 saturated heterocycles. The van der Waals surface area contributed by atoms with Gasteiger partial charge in [0.2, 0.25) is 0 Å². The molecule has 6 heteroatoms. The van der Waals surface area contributed by atoms with E-state index in [-0.39, 0.29) is 11.3 Å². The van der Waals surface area contributed by atoms with Crippen molar-refractivity contribution >= 4 is 14.2 Å². The summed E-state index contributed by atoms with van der Waals surface area (Å²) in [4.78, 5) is 18.8. The van der Waals surface area contributed by atoms with Gasteiger partial charge >= 0.3 is 14.2 Å². The van der Waals surface area contributed by atoms with Crippen molar-refractivity contribution < 1.29 is 23.9 Å². The molecule has 0 saturated carbocycles. The smallest absolute Gasteiger partial charge is 0.365 e. The van der Waals surface area contributed by atoms with Gasteiger partial charge in [0.15, 0.2) is 0 Å². The van der Waals surface area contributed by atoms with Crippen molar-refractivity contribution in [3.8, 4) is 5.75 Å². The molecule has 13 heavy (non-hydrogen) atoms. The molecular weight excluding hydrogens is 195 g/mol. The van der Waals surface area contributed by atoms with Crippen LogP contribution in [0, 0.1) is 0 Å². The van der Waals surface area contributed by atoms with Crippen molar-refractivity contribution in [3.05, 3.63) is 29.8 Å². The Morgan fingerprint density at radius 2 is 1.85 bits per heavy atom. The quantitative estimate of drug-likeness (QED) is 0.718. The summed E-state index contributed by atoms with van der Waals surface area (Å²) in [6.45, 7) is 0. The highest BCUT2D eigenvalue weighted by Gasteiger charge is 2.02. The fourth-order valence-corrected chi connectivity index (χ4v) is 1.10. The molecule has 0 aliphatic carbocycles. The van der Waals surface area contributed by atoms with Crippen LogP contribution in [0.4, 0.5) is 0 Å². The Morgan fingerprint density at radius 3 is 2.23 bits per heavy atom. The molecule has 0 radical (unpaired) electrons. The number of hydrogen-bond acceptors (Lipinski definition) is 3. The van der Waals surface area contributed by atoms with Crippen LogP contribution in [0.15, 0.2) is 24.3 Å². The van der Waals surface area contributed by atoms with Crippen LogP contribution in [0.1, 0.15) is 10.4 Å². The molecule has 1 aromatic carbocycles. The van der Waals surface area contributed by atoms with Gasteiger partial charge in [-0.05, 0) is 24.3 Å². The van der Waals surface area contributed by atoms with Crippen LogP contribution in [0.3, 0.4) is 0 Å². The third kappa shape index (κ3) is 2.89. The van der Waals surface area contributed by atoms with Gasteiger partial charge in [-0.15, -0.1) is 0 Å². The van der Waals surface area contributed by atoms with Crippen LogP contribution in [0.2, 0.25) is 0 Å². The molecule has 70 valence electrons. The predicted molar refractivity (Wildman–Crippen MR) is 45.2 cm³/mol. The highest BCUT2D eigenvalue weighted by Crippen LogP contribution is 2.22. The standard InChI is InChI=1S/C7H7O5P/c8-7(9)5-1-3-6(4-2-5)12-13(10)11/h1-4,13H,(H,8,9)(H,10,11). The zero-order valence-corrected chi connectivity index (χ0v) is 7.43. The maximum absolute atomic E-state index is 10.4. The molecule has 0 aliphatic rings. The van der Waals surface area contributed by atoms with Gasteiger partial charge in [-0.25, -0.2) is 9.36 Å². The summed E-state index contributed by atoms with van der Waals surface area (Å²) in [5, 5.41) is 8.51. The van der Waals surface area contributed by atoms with E-state index in [0.29, 0.717) is 0 Å². The van der Waals surface area contributed by atoms with Crippen molar-refractivity contribution in [2.75, 3.05) is 0 Å². The number of hydrogen-bond donors (Lipinski definition) is 2. The van der Waals surface area contributed by atoms with Gasteiger partial charge in [-0.1, -0.05) is 0 Å². The fourth-order valence-electron chi connectivity index (χ4n) is 0.766. The minimum absolute atomic E-state index is 0.102. The monoisotopic (exact) mass is 202 g/mol. The summed E-state index contributed by atoms with van der Waals surface area (Å²) in [5.74, 6) is -0.875. The second-order valence-corrected chi connectivity index (χ2v) is 2.93. The molecule has 0 fully saturated rings. The Labute approximate surface area is 74.5 Å². The average molecular weight is 202 g/mol. The highest BCUT2D eigenvalue weighted by atomic mass is 31.1. The van der Waals surface area contributed by atoms with Gasteiger partial charge in [0.25, 0.3) is 0 Å². The number of rotatable bonds is 3. The first-order valence-corrected chi connectivity index (χ1v) is 4.60. The number of carboxylic acids is 1. The van der Waals surface area contributed by atoms with Crippen molar-refractivity contribution in [2.24, 2.45) is 0 Å². The number of carboxylic acid groups (broad SMARTS) is 1. The average Bonchev–Trinajstić information content (AvgIpc) is 2.04. The van der Waals surface area contributed by atoms with E-state index >= 15 is 0 Å². The Hall–Kier alpha value is -1.32. The lowest BCUT2D eigenvalue weighted by molar-refractivity contribution is 0.0697. The molecular formula is C7H7O5P. The molecule has 0 aromatic heterocycles. The second-order valence-electron chi connectivity index (χ2n) is 2.20. The van der Waals surface area contributed by atoms with Crippen molar-refractivity contribution in [2.45, 2.75) is 0 Å². The number of aromatic carboxylic acids is 1. The molecule has 0 spiro atoms. The molecule has 0 heterocycles. The maximum atomic E-state index is 10.4. The summed E-state index contributed by atoms with van der Waals surface area (Å²) < 4.78 is 14.7. The normalized spacial score (nSPS) is 12.1. The molecule has 1 rings (SSSR count). The first-order chi connectivity index (χ1) is 6.09. The summed E-state index contributed by atoms with van der Waals surface area (Å²) in [5.41, 5.74) is 0.102. The van der Waals surface area contributed by atoms with Gasteiger partial charge in [0.1, 0.15) is 5.75 Å². The molecule has 1 aromatic rings. The van der Waals surface area contributed by atoms with E-state index in [9.17, 15) is 9.36 Å². The SMILES string of the molecule is O=C(O)c1ccc(O[PH](=O)O)cc1. The lowest BCUT2D eigenvalue weighted by Gasteiger charge is -2.00. The lowest BCUT2D eigenvalue weighted by Crippen LogP contribution is -1.94. The molecule has 0 aliphatic heterocycles. The summed E-state index contributed by atoms with van der Waals surface area (Å²) in [6.07, 6.45) is 0. The minimum Gasteiger partial charge on any atom is -0.478 e. The third-order valence-electron chi connectivity index (χ3n) is 1.31. The molecule has 0 bridgehead atoms. The third-order valence-corrected chi connectivity index (χ3v) is 1.72. The number of benzene rings is 1. The van der Waals surface area contributed by atoms with Gasteiger partial charge in [0, 0.05) is 0 Å². The maximum Gasteiger partial charge on any atom is 0.365 e. The van der Waals surface area contributed by atoms with Crippen molar-refractivity contribution in [1.29, 1.82) is 0 Å². The van der Waals surface area contributed by atoms with E-state index < -0.39 is 14.2 Å². The van der Waals surface area contributed by atoms with E-state index in [4.69, 9.17) is 10.00 Å². The zero-order valence-electron chi connectivity index (χ0n) is 6.43. The van der Waals surface area contributed by atoms with E-state index in [2.05, 4.69) is 4.52 Å². The largest absolute Gasteiger partial charge is 0.478 e. The van der Waals surface area contributed by atoms with Crippen LogP contribution < -0.4 is 4.52 Å². The van der Waals surface area contributed by atoms with E-state index in [0.717, 1.165) is 0 Å². The summed E-state index contributed by atoms with van der Waals surface area (Å²) in [7, 11) is -3.02. The van der Waals surface area contributed by atoms with Crippen molar-refractivity contribution in [1.82, 2.24) is 0 Å².